The van der Waals surface area contributed by atoms with Gasteiger partial charge in [0.2, 0.25) is 5.88 Å². The van der Waals surface area contributed by atoms with Crippen molar-refractivity contribution in [1.29, 1.82) is 0 Å². The topological polar surface area (TPSA) is 106 Å². The third-order valence-corrected chi connectivity index (χ3v) is 8.06. The van der Waals surface area contributed by atoms with Crippen molar-refractivity contribution in [1.82, 2.24) is 30.2 Å². The molecule has 1 spiro atoms. The first kappa shape index (κ1) is 26.4. The molecule has 1 amide bonds. The van der Waals surface area contributed by atoms with Gasteiger partial charge in [-0.1, -0.05) is 0 Å². The number of nitrogens with one attached hydrogen (secondary N) is 1. The zero-order chi connectivity index (χ0) is 27.9. The Morgan fingerprint density at radius 3 is 2.80 bits per heavy atom. The molecule has 2 aromatic heterocycles. The van der Waals surface area contributed by atoms with E-state index in [1.165, 1.54) is 24.5 Å². The van der Waals surface area contributed by atoms with Gasteiger partial charge in [-0.05, 0) is 51.8 Å². The summed E-state index contributed by atoms with van der Waals surface area (Å²) in [5.74, 6) is 1.28. The Morgan fingerprint density at radius 1 is 1.20 bits per heavy atom. The van der Waals surface area contributed by atoms with Crippen LogP contribution in [0.3, 0.4) is 0 Å². The summed E-state index contributed by atoms with van der Waals surface area (Å²) in [6, 6.07) is 3.97. The lowest BCUT2D eigenvalue weighted by atomic mass is 9.61. The molecule has 1 saturated heterocycles. The fraction of sp³-hybridized carbons (Fsp3) is 0.483. The summed E-state index contributed by atoms with van der Waals surface area (Å²) in [5.41, 5.74) is 2.48. The summed E-state index contributed by atoms with van der Waals surface area (Å²) in [4.78, 5) is 34.5. The minimum atomic E-state index is -0.495. The van der Waals surface area contributed by atoms with E-state index in [2.05, 4.69) is 30.2 Å². The molecule has 4 heterocycles. The van der Waals surface area contributed by atoms with Crippen LogP contribution in [-0.2, 0) is 13.0 Å². The standard InChI is InChI=1S/C29H34FN7O3/c1-4-37(18(2)3)28(38)21-9-19(30)5-6-24(21)40-25-13-32-16-34-26(25)36-14-29(15-36)10-20(11-29)39-27-22-12-31-8-7-23(22)33-17-35-27/h5-6,9,13,16-18,20,31H,4,7-8,10-12,14-15H2,1-3H3. The largest absolute Gasteiger partial charge is 0.474 e. The van der Waals surface area contributed by atoms with E-state index >= 15 is 0 Å². The van der Waals surface area contributed by atoms with Gasteiger partial charge in [-0.2, -0.15) is 0 Å². The van der Waals surface area contributed by atoms with Gasteiger partial charge >= 0.3 is 0 Å². The van der Waals surface area contributed by atoms with Crippen LogP contribution >= 0.6 is 0 Å². The zero-order valence-electron chi connectivity index (χ0n) is 23.1. The number of fused-ring (bicyclic) bond motifs is 1. The van der Waals surface area contributed by atoms with Gasteiger partial charge in [0.1, 0.15) is 30.3 Å². The molecule has 3 aromatic rings. The highest BCUT2D eigenvalue weighted by molar-refractivity contribution is 5.97. The molecule has 1 aliphatic carbocycles. The number of aromatic nitrogens is 4. The number of hydrogen-bond acceptors (Lipinski definition) is 9. The molecule has 1 saturated carbocycles. The molecule has 10 nitrogen and oxygen atoms in total. The van der Waals surface area contributed by atoms with Crippen LogP contribution in [0.15, 0.2) is 37.1 Å². The van der Waals surface area contributed by atoms with Crippen molar-refractivity contribution in [3.63, 3.8) is 0 Å². The van der Waals surface area contributed by atoms with Gasteiger partial charge in [0.15, 0.2) is 11.6 Å². The van der Waals surface area contributed by atoms with E-state index in [9.17, 15) is 9.18 Å². The number of halogens is 1. The summed E-state index contributed by atoms with van der Waals surface area (Å²) < 4.78 is 26.7. The Bertz CT molecular complexity index is 1400. The number of ether oxygens (including phenoxy) is 2. The molecule has 1 N–H and O–H groups in total. The second-order valence-electron chi connectivity index (χ2n) is 11.2. The average molecular weight is 548 g/mol. The van der Waals surface area contributed by atoms with E-state index < -0.39 is 5.82 Å². The van der Waals surface area contributed by atoms with E-state index in [-0.39, 0.29) is 34.8 Å². The smallest absolute Gasteiger partial charge is 0.257 e. The summed E-state index contributed by atoms with van der Waals surface area (Å²) in [6.07, 6.45) is 7.57. The third-order valence-electron chi connectivity index (χ3n) is 8.06. The molecule has 0 bridgehead atoms. The maximum Gasteiger partial charge on any atom is 0.257 e. The maximum atomic E-state index is 14.2. The second-order valence-corrected chi connectivity index (χ2v) is 11.2. The predicted molar refractivity (Wildman–Crippen MR) is 146 cm³/mol. The molecule has 11 heteroatoms. The van der Waals surface area contributed by atoms with Crippen LogP contribution in [0.4, 0.5) is 10.2 Å². The molecule has 3 aliphatic rings. The highest BCUT2D eigenvalue weighted by Gasteiger charge is 2.54. The van der Waals surface area contributed by atoms with Gasteiger partial charge < -0.3 is 24.6 Å². The van der Waals surface area contributed by atoms with E-state index in [1.54, 1.807) is 17.4 Å². The molecular weight excluding hydrogens is 513 g/mol. The van der Waals surface area contributed by atoms with Crippen LogP contribution in [0.25, 0.3) is 0 Å². The summed E-state index contributed by atoms with van der Waals surface area (Å²) in [7, 11) is 0. The number of benzene rings is 1. The van der Waals surface area contributed by atoms with Gasteiger partial charge in [-0.25, -0.2) is 24.3 Å². The van der Waals surface area contributed by atoms with Crippen LogP contribution in [0.5, 0.6) is 17.4 Å². The molecular formula is C29H34FN7O3. The molecule has 2 aliphatic heterocycles. The van der Waals surface area contributed by atoms with Crippen LogP contribution in [0, 0.1) is 11.2 Å². The molecule has 40 heavy (non-hydrogen) atoms. The van der Waals surface area contributed by atoms with Gasteiger partial charge in [0.25, 0.3) is 5.91 Å². The van der Waals surface area contributed by atoms with Crippen molar-refractivity contribution in [2.45, 2.75) is 58.7 Å². The summed E-state index contributed by atoms with van der Waals surface area (Å²) in [5, 5.41) is 3.37. The number of anilines is 1. The first-order valence-corrected chi connectivity index (χ1v) is 13.9. The lowest BCUT2D eigenvalue weighted by molar-refractivity contribution is -0.0371. The zero-order valence-corrected chi connectivity index (χ0v) is 23.1. The molecule has 6 rings (SSSR count). The molecule has 0 radical (unpaired) electrons. The highest BCUT2D eigenvalue weighted by atomic mass is 19.1. The Kier molecular flexibility index (Phi) is 6.99. The first-order valence-electron chi connectivity index (χ1n) is 13.9. The van der Waals surface area contributed by atoms with Crippen molar-refractivity contribution < 1.29 is 18.7 Å². The molecule has 1 aromatic carbocycles. The average Bonchev–Trinajstić information content (AvgIpc) is 2.91. The Labute approximate surface area is 233 Å². The lowest BCUT2D eigenvalue weighted by Crippen LogP contribution is -2.65. The van der Waals surface area contributed by atoms with E-state index in [0.717, 1.165) is 56.7 Å². The molecule has 2 fully saturated rings. The molecule has 0 atom stereocenters. The van der Waals surface area contributed by atoms with Crippen LogP contribution in [-0.4, -0.2) is 69.1 Å². The van der Waals surface area contributed by atoms with Gasteiger partial charge in [0.05, 0.1) is 17.5 Å². The quantitative estimate of drug-likeness (QED) is 0.451. The van der Waals surface area contributed by atoms with Crippen LogP contribution in [0.2, 0.25) is 0 Å². The second kappa shape index (κ2) is 10.6. The monoisotopic (exact) mass is 547 g/mol. The predicted octanol–water partition coefficient (Wildman–Crippen LogP) is 3.76. The van der Waals surface area contributed by atoms with Crippen molar-refractivity contribution in [2.24, 2.45) is 5.41 Å². The van der Waals surface area contributed by atoms with Crippen molar-refractivity contribution >= 4 is 11.7 Å². The maximum absolute atomic E-state index is 14.2. The van der Waals surface area contributed by atoms with Gasteiger partial charge in [-0.3, -0.25) is 4.79 Å². The number of carbonyl (C=O) groups excluding carboxylic acids is 1. The van der Waals surface area contributed by atoms with Crippen molar-refractivity contribution in [3.05, 3.63) is 59.7 Å². The molecule has 210 valence electrons. The van der Waals surface area contributed by atoms with Crippen molar-refractivity contribution in [3.8, 4) is 17.4 Å². The normalized spacial score (nSPS) is 17.7. The fourth-order valence-electron chi connectivity index (χ4n) is 6.06. The molecule has 0 unspecified atom stereocenters. The number of rotatable bonds is 8. The van der Waals surface area contributed by atoms with E-state index in [1.807, 2.05) is 20.8 Å². The Balaban J connectivity index is 1.13. The minimum absolute atomic E-state index is 0.0341. The van der Waals surface area contributed by atoms with Gasteiger partial charge in [-0.15, -0.1) is 0 Å². The van der Waals surface area contributed by atoms with Gasteiger partial charge in [0, 0.05) is 56.2 Å². The van der Waals surface area contributed by atoms with Crippen molar-refractivity contribution in [2.75, 3.05) is 31.1 Å². The fourth-order valence-corrected chi connectivity index (χ4v) is 6.06. The number of hydrogen-bond donors (Lipinski definition) is 1. The van der Waals surface area contributed by atoms with E-state index in [0.29, 0.717) is 24.0 Å². The minimum Gasteiger partial charge on any atom is -0.474 e. The summed E-state index contributed by atoms with van der Waals surface area (Å²) in [6.45, 7) is 9.55. The number of carbonyl (C=O) groups is 1. The van der Waals surface area contributed by atoms with Crippen LogP contribution < -0.4 is 19.7 Å². The Morgan fingerprint density at radius 2 is 2.02 bits per heavy atom. The summed E-state index contributed by atoms with van der Waals surface area (Å²) >= 11 is 0. The van der Waals surface area contributed by atoms with E-state index in [4.69, 9.17) is 9.47 Å². The SMILES string of the molecule is CCN(C(=O)c1cc(F)ccc1Oc1cncnc1N1CC2(CC(Oc3ncnc4c3CNCC4)C2)C1)C(C)C. The highest BCUT2D eigenvalue weighted by Crippen LogP contribution is 2.52. The first-order chi connectivity index (χ1) is 19.4. The number of nitrogens with zero attached hydrogens (tertiary/aromatic N) is 6. The van der Waals surface area contributed by atoms with Crippen LogP contribution in [0.1, 0.15) is 55.2 Å². The third kappa shape index (κ3) is 4.94. The Hall–Kier alpha value is -3.86. The lowest BCUT2D eigenvalue weighted by Gasteiger charge is -2.58. The number of amides is 1.